The summed E-state index contributed by atoms with van der Waals surface area (Å²) in [6, 6.07) is 32.8. The van der Waals surface area contributed by atoms with E-state index in [2.05, 4.69) is 165 Å². The van der Waals surface area contributed by atoms with E-state index in [0.717, 1.165) is 19.3 Å². The zero-order chi connectivity index (χ0) is 33.8. The van der Waals surface area contributed by atoms with E-state index in [1.807, 2.05) is 0 Å². The molecule has 2 nitrogen and oxygen atoms in total. The largest absolute Gasteiger partial charge is 0.313 e. The molecule has 50 heavy (non-hydrogen) atoms. The first-order valence-electron chi connectivity index (χ1n) is 18.8. The Labute approximate surface area is 296 Å². The van der Waals surface area contributed by atoms with Crippen LogP contribution in [0.1, 0.15) is 93.9 Å². The minimum atomic E-state index is -0.00601. The van der Waals surface area contributed by atoms with E-state index in [9.17, 15) is 0 Å². The maximum Gasteiger partial charge on any atom is 0.0539 e. The molecule has 0 amide bonds. The summed E-state index contributed by atoms with van der Waals surface area (Å²) in [5, 5.41) is 2.63. The van der Waals surface area contributed by atoms with Crippen LogP contribution in [0.25, 0.3) is 27.5 Å². The Balaban J connectivity index is 1.17. The zero-order valence-corrected chi connectivity index (χ0v) is 29.8. The smallest absolute Gasteiger partial charge is 0.0539 e. The van der Waals surface area contributed by atoms with E-state index in [4.69, 9.17) is 0 Å². The van der Waals surface area contributed by atoms with E-state index in [-0.39, 0.29) is 10.8 Å². The molecule has 0 aliphatic heterocycles. The van der Waals surface area contributed by atoms with Crippen LogP contribution in [0.4, 0.5) is 11.4 Å². The van der Waals surface area contributed by atoms with Gasteiger partial charge in [-0.3, -0.25) is 0 Å². The van der Waals surface area contributed by atoms with Crippen LogP contribution in [0.15, 0.2) is 139 Å². The molecule has 5 aliphatic carbocycles. The molecular weight excluding hydrogens is 605 g/mol. The minimum Gasteiger partial charge on any atom is -0.313 e. The highest BCUT2D eigenvalue weighted by atomic mass is 15.1. The number of nitrogens with zero attached hydrogens (tertiary/aromatic N) is 2. The summed E-state index contributed by atoms with van der Waals surface area (Å²) < 4.78 is 2.50. The number of fused-ring (bicyclic) bond motifs is 9. The normalized spacial score (nSPS) is 23.9. The van der Waals surface area contributed by atoms with Crippen LogP contribution in [-0.2, 0) is 10.8 Å². The van der Waals surface area contributed by atoms with E-state index >= 15 is 0 Å². The van der Waals surface area contributed by atoms with Gasteiger partial charge in [-0.25, -0.2) is 0 Å². The van der Waals surface area contributed by atoms with Gasteiger partial charge in [0.1, 0.15) is 0 Å². The maximum absolute atomic E-state index is 2.57. The van der Waals surface area contributed by atoms with E-state index < -0.39 is 0 Å². The maximum atomic E-state index is 2.57. The fourth-order valence-electron chi connectivity index (χ4n) is 10.6. The van der Waals surface area contributed by atoms with Crippen LogP contribution in [0.5, 0.6) is 0 Å². The first-order chi connectivity index (χ1) is 24.3. The van der Waals surface area contributed by atoms with Gasteiger partial charge in [0.15, 0.2) is 0 Å². The molecule has 248 valence electrons. The number of rotatable bonds is 4. The molecule has 2 unspecified atom stereocenters. The van der Waals surface area contributed by atoms with Crippen molar-refractivity contribution in [2.75, 3.05) is 4.90 Å². The van der Waals surface area contributed by atoms with Crippen LogP contribution in [0, 0.1) is 5.92 Å². The number of aromatic nitrogens is 1. The van der Waals surface area contributed by atoms with Gasteiger partial charge in [-0.05, 0) is 120 Å². The van der Waals surface area contributed by atoms with Crippen LogP contribution >= 0.6 is 0 Å². The van der Waals surface area contributed by atoms with Gasteiger partial charge < -0.3 is 9.47 Å². The Morgan fingerprint density at radius 2 is 1.54 bits per heavy atom. The van der Waals surface area contributed by atoms with Gasteiger partial charge in [0.25, 0.3) is 0 Å². The molecule has 0 radical (unpaired) electrons. The highest BCUT2D eigenvalue weighted by Crippen LogP contribution is 2.57. The summed E-state index contributed by atoms with van der Waals surface area (Å²) in [6.45, 7) is 9.80. The molecule has 5 aliphatic rings. The van der Waals surface area contributed by atoms with E-state index in [1.165, 1.54) is 79.7 Å². The first-order valence-corrected chi connectivity index (χ1v) is 18.8. The van der Waals surface area contributed by atoms with Crippen molar-refractivity contribution >= 4 is 38.9 Å². The third-order valence-electron chi connectivity index (χ3n) is 13.1. The van der Waals surface area contributed by atoms with Crippen molar-refractivity contribution in [3.8, 4) is 0 Å². The molecule has 0 N–H and O–H groups in total. The number of anilines is 2. The number of hydrogen-bond acceptors (Lipinski definition) is 1. The average Bonchev–Trinajstić information content (AvgIpc) is 3.69. The second-order valence-corrected chi connectivity index (χ2v) is 16.4. The van der Waals surface area contributed by atoms with Crippen molar-refractivity contribution in [1.82, 2.24) is 4.57 Å². The van der Waals surface area contributed by atoms with Crippen molar-refractivity contribution in [1.29, 1.82) is 0 Å². The third kappa shape index (κ3) is 4.20. The summed E-state index contributed by atoms with van der Waals surface area (Å²) in [5.74, 6) is 1.63. The van der Waals surface area contributed by atoms with Crippen LogP contribution in [0.2, 0.25) is 0 Å². The summed E-state index contributed by atoms with van der Waals surface area (Å²) in [5.41, 5.74) is 15.4. The Morgan fingerprint density at radius 3 is 2.42 bits per heavy atom. The molecule has 5 aromatic rings. The molecule has 2 heteroatoms. The lowest BCUT2D eigenvalue weighted by atomic mass is 9.73. The average molecular weight is 651 g/mol. The summed E-state index contributed by atoms with van der Waals surface area (Å²) >= 11 is 0. The zero-order valence-electron chi connectivity index (χ0n) is 29.8. The fourth-order valence-corrected chi connectivity index (χ4v) is 10.6. The standard InChI is InChI=1S/C48H46N2/c1-47(2)41-19-11-8-16-35(41)37-25-22-33(29-43(37)47)49(34-23-26-38-36-17-9-12-20-42(36)48(3,4)44(38)30-34)32-24-27-46-40(28-32)39-18-10-13-21-45(39)50(46)31-14-6-5-7-15-31/h5-6,8,10-14,16,18-24,26-30,36-37,42H,7,9,15,17,25H2,1-4H3/t36?,37?,42-/m0/s1. The molecule has 4 aromatic carbocycles. The SMILES string of the molecule is CC1(C)C2=CC(N(c3ccc4c(c3)C(C)(C)[C@H]3C=CCCC43)c3ccc4c(c3)c3ccccc3n4C3=CC=CCC3)=CCC2c2ccccc21. The van der Waals surface area contributed by atoms with Gasteiger partial charge in [0.05, 0.1) is 11.0 Å². The molecule has 0 saturated heterocycles. The second-order valence-electron chi connectivity index (χ2n) is 16.4. The Hall–Kier alpha value is -4.82. The van der Waals surface area contributed by atoms with Gasteiger partial charge >= 0.3 is 0 Å². The monoisotopic (exact) mass is 650 g/mol. The second kappa shape index (κ2) is 10.8. The molecular formula is C48H46N2. The lowest BCUT2D eigenvalue weighted by molar-refractivity contribution is 0.347. The molecule has 1 aromatic heterocycles. The van der Waals surface area contributed by atoms with Gasteiger partial charge in [0, 0.05) is 44.9 Å². The Kier molecular flexibility index (Phi) is 6.51. The van der Waals surface area contributed by atoms with Gasteiger partial charge in [-0.1, -0.05) is 112 Å². The number of benzene rings is 4. The third-order valence-corrected chi connectivity index (χ3v) is 13.1. The summed E-state index contributed by atoms with van der Waals surface area (Å²) in [6.07, 6.45) is 22.4. The molecule has 1 heterocycles. The minimum absolute atomic E-state index is 0.00601. The highest BCUT2D eigenvalue weighted by Gasteiger charge is 2.46. The van der Waals surface area contributed by atoms with Crippen molar-refractivity contribution in [2.24, 2.45) is 5.92 Å². The lowest BCUT2D eigenvalue weighted by Gasteiger charge is -2.34. The predicted octanol–water partition coefficient (Wildman–Crippen LogP) is 12.8. The van der Waals surface area contributed by atoms with Gasteiger partial charge in [0.2, 0.25) is 0 Å². The Bertz CT molecular complexity index is 2380. The van der Waals surface area contributed by atoms with Crippen molar-refractivity contribution in [2.45, 2.75) is 82.5 Å². The van der Waals surface area contributed by atoms with Crippen LogP contribution < -0.4 is 4.90 Å². The van der Waals surface area contributed by atoms with Crippen molar-refractivity contribution < 1.29 is 0 Å². The van der Waals surface area contributed by atoms with Crippen LogP contribution in [0.3, 0.4) is 0 Å². The van der Waals surface area contributed by atoms with E-state index in [0.29, 0.717) is 17.8 Å². The fraction of sp³-hybridized carbons (Fsp3) is 0.292. The van der Waals surface area contributed by atoms with Crippen LogP contribution in [-0.4, -0.2) is 4.57 Å². The molecule has 0 saturated carbocycles. The summed E-state index contributed by atoms with van der Waals surface area (Å²) in [4.78, 5) is 2.57. The first kappa shape index (κ1) is 30.0. The number of hydrogen-bond donors (Lipinski definition) is 0. The topological polar surface area (TPSA) is 8.17 Å². The number of allylic oxidation sites excluding steroid dienone is 9. The van der Waals surface area contributed by atoms with Gasteiger partial charge in [-0.2, -0.15) is 0 Å². The molecule has 0 spiro atoms. The van der Waals surface area contributed by atoms with E-state index in [1.54, 1.807) is 5.56 Å². The molecule has 0 bridgehead atoms. The van der Waals surface area contributed by atoms with Crippen molar-refractivity contribution in [3.63, 3.8) is 0 Å². The predicted molar refractivity (Wildman–Crippen MR) is 211 cm³/mol. The molecule has 3 atom stereocenters. The quantitative estimate of drug-likeness (QED) is 0.176. The summed E-state index contributed by atoms with van der Waals surface area (Å²) in [7, 11) is 0. The Morgan fingerprint density at radius 1 is 0.740 bits per heavy atom. The van der Waals surface area contributed by atoms with Crippen molar-refractivity contribution in [3.05, 3.63) is 161 Å². The number of para-hydroxylation sites is 1. The molecule has 10 rings (SSSR count). The highest BCUT2D eigenvalue weighted by molar-refractivity contribution is 6.11. The van der Waals surface area contributed by atoms with Gasteiger partial charge in [-0.15, -0.1) is 0 Å². The molecule has 0 fully saturated rings. The lowest BCUT2D eigenvalue weighted by Crippen LogP contribution is -2.26.